The summed E-state index contributed by atoms with van der Waals surface area (Å²) in [6.07, 6.45) is 0. The molecule has 0 radical (unpaired) electrons. The van der Waals surface area contributed by atoms with Crippen LogP contribution in [0.3, 0.4) is 0 Å². The van der Waals surface area contributed by atoms with Crippen molar-refractivity contribution in [3.8, 4) is 5.75 Å². The lowest BCUT2D eigenvalue weighted by atomic mass is 10.1. The molecule has 1 saturated heterocycles. The Hall–Kier alpha value is -3.28. The number of sulfonamides is 1. The topological polar surface area (TPSA) is 120 Å². The molecule has 11 heteroatoms. The number of benzene rings is 2. The van der Waals surface area contributed by atoms with E-state index in [9.17, 15) is 18.0 Å². The average molecular weight is 473 g/mol. The number of fused-ring (bicyclic) bond motifs is 1. The summed E-state index contributed by atoms with van der Waals surface area (Å²) in [6, 6.07) is 11.1. The molecule has 1 amide bonds. The zero-order chi connectivity index (χ0) is 23.6. The Balaban J connectivity index is 1.72. The summed E-state index contributed by atoms with van der Waals surface area (Å²) in [5.41, 5.74) is -0.00343. The van der Waals surface area contributed by atoms with Gasteiger partial charge in [-0.1, -0.05) is 18.2 Å². The molecule has 3 aromatic rings. The standard InChI is InChI=1S/C22H24N4O6S/c1-3-32-18-9-8-15(14-19(18)33(29,30)26-10-12-31-13-11-26)23-21(27)20-16-6-4-5-7-17(16)22(28)25(2)24-20/h4-9,14H,3,10-13H2,1-2H3,(H,23,27). The number of hydrogen-bond acceptors (Lipinski definition) is 7. The van der Waals surface area contributed by atoms with Gasteiger partial charge in [-0.05, 0) is 31.2 Å². The van der Waals surface area contributed by atoms with Crippen molar-refractivity contribution in [2.45, 2.75) is 11.8 Å². The molecule has 0 atom stereocenters. The number of amides is 1. The lowest BCUT2D eigenvalue weighted by molar-refractivity contribution is 0.0729. The first kappa shape index (κ1) is 22.9. The number of nitrogens with one attached hydrogen (secondary N) is 1. The third-order valence-electron chi connectivity index (χ3n) is 5.26. The van der Waals surface area contributed by atoms with Crippen LogP contribution in [0.1, 0.15) is 17.4 Å². The SMILES string of the molecule is CCOc1ccc(NC(=O)c2nn(C)c(=O)c3ccccc23)cc1S(=O)(=O)N1CCOCC1. The number of morpholine rings is 1. The predicted molar refractivity (Wildman–Crippen MR) is 122 cm³/mol. The van der Waals surface area contributed by atoms with E-state index in [4.69, 9.17) is 9.47 Å². The molecule has 1 aromatic heterocycles. The minimum absolute atomic E-state index is 0.0395. The van der Waals surface area contributed by atoms with Gasteiger partial charge < -0.3 is 14.8 Å². The first-order valence-corrected chi connectivity index (χ1v) is 11.9. The zero-order valence-electron chi connectivity index (χ0n) is 18.3. The van der Waals surface area contributed by atoms with Crippen molar-refractivity contribution in [1.82, 2.24) is 14.1 Å². The number of nitrogens with zero attached hydrogens (tertiary/aromatic N) is 3. The maximum absolute atomic E-state index is 13.3. The second-order valence-corrected chi connectivity index (χ2v) is 9.29. The molecule has 0 spiro atoms. The van der Waals surface area contributed by atoms with Gasteiger partial charge in [0.15, 0.2) is 5.69 Å². The third-order valence-corrected chi connectivity index (χ3v) is 7.18. The van der Waals surface area contributed by atoms with E-state index in [2.05, 4.69) is 10.4 Å². The number of ether oxygens (including phenoxy) is 2. The van der Waals surface area contributed by atoms with E-state index in [-0.39, 0.29) is 47.3 Å². The van der Waals surface area contributed by atoms with Crippen molar-refractivity contribution in [1.29, 1.82) is 0 Å². The predicted octanol–water partition coefficient (Wildman–Crippen LogP) is 1.61. The van der Waals surface area contributed by atoms with E-state index in [0.29, 0.717) is 24.0 Å². The first-order chi connectivity index (χ1) is 15.8. The van der Waals surface area contributed by atoms with Crippen molar-refractivity contribution in [2.24, 2.45) is 7.05 Å². The molecule has 2 heterocycles. The van der Waals surface area contributed by atoms with Crippen molar-refractivity contribution in [2.75, 3.05) is 38.2 Å². The minimum atomic E-state index is -3.87. The van der Waals surface area contributed by atoms with Crippen LogP contribution in [-0.2, 0) is 21.8 Å². The van der Waals surface area contributed by atoms with Gasteiger partial charge in [-0.15, -0.1) is 0 Å². The number of carbonyl (C=O) groups is 1. The van der Waals surface area contributed by atoms with Crippen LogP contribution in [0.2, 0.25) is 0 Å². The Kier molecular flexibility index (Phi) is 6.45. The Bertz CT molecular complexity index is 1360. The van der Waals surface area contributed by atoms with Crippen LogP contribution in [0.15, 0.2) is 52.2 Å². The number of aryl methyl sites for hydroxylation is 1. The normalized spacial score (nSPS) is 14.8. The summed E-state index contributed by atoms with van der Waals surface area (Å²) < 4.78 is 39.8. The van der Waals surface area contributed by atoms with Crippen LogP contribution in [0, 0.1) is 0 Å². The molecule has 1 N–H and O–H groups in total. The van der Waals surface area contributed by atoms with E-state index in [1.807, 2.05) is 0 Å². The van der Waals surface area contributed by atoms with Gasteiger partial charge in [0.25, 0.3) is 11.5 Å². The van der Waals surface area contributed by atoms with Gasteiger partial charge in [0.05, 0.1) is 25.2 Å². The highest BCUT2D eigenvalue weighted by Gasteiger charge is 2.30. The Labute approximate surface area is 190 Å². The number of aromatic nitrogens is 2. The van der Waals surface area contributed by atoms with E-state index in [1.165, 1.54) is 23.5 Å². The summed E-state index contributed by atoms with van der Waals surface area (Å²) in [6.45, 7) is 3.13. The maximum atomic E-state index is 13.3. The molecule has 1 aliphatic rings. The van der Waals surface area contributed by atoms with E-state index >= 15 is 0 Å². The van der Waals surface area contributed by atoms with Crippen molar-refractivity contribution in [3.63, 3.8) is 0 Å². The molecule has 4 rings (SSSR count). The van der Waals surface area contributed by atoms with Gasteiger partial charge in [0, 0.05) is 31.2 Å². The van der Waals surface area contributed by atoms with Crippen molar-refractivity contribution >= 4 is 32.4 Å². The van der Waals surface area contributed by atoms with Crippen LogP contribution in [0.5, 0.6) is 5.75 Å². The number of rotatable bonds is 6. The third kappa shape index (κ3) is 4.47. The lowest BCUT2D eigenvalue weighted by Gasteiger charge is -2.27. The van der Waals surface area contributed by atoms with Crippen LogP contribution in [-0.4, -0.2) is 61.3 Å². The number of anilines is 1. The van der Waals surface area contributed by atoms with Gasteiger partial charge in [-0.3, -0.25) is 9.59 Å². The second kappa shape index (κ2) is 9.30. The molecular weight excluding hydrogens is 448 g/mol. The van der Waals surface area contributed by atoms with E-state index in [0.717, 1.165) is 4.68 Å². The molecule has 2 aromatic carbocycles. The molecule has 10 nitrogen and oxygen atoms in total. The molecule has 174 valence electrons. The Morgan fingerprint density at radius 2 is 1.85 bits per heavy atom. The maximum Gasteiger partial charge on any atom is 0.276 e. The molecule has 1 aliphatic heterocycles. The fourth-order valence-corrected chi connectivity index (χ4v) is 5.21. The molecule has 0 aliphatic carbocycles. The van der Waals surface area contributed by atoms with Crippen molar-refractivity contribution in [3.05, 3.63) is 58.5 Å². The van der Waals surface area contributed by atoms with Crippen LogP contribution < -0.4 is 15.6 Å². The van der Waals surface area contributed by atoms with Gasteiger partial charge in [-0.2, -0.15) is 9.40 Å². The highest BCUT2D eigenvalue weighted by Crippen LogP contribution is 2.31. The monoisotopic (exact) mass is 472 g/mol. The summed E-state index contributed by atoms with van der Waals surface area (Å²) in [7, 11) is -2.40. The average Bonchev–Trinajstić information content (AvgIpc) is 2.83. The van der Waals surface area contributed by atoms with Crippen LogP contribution >= 0.6 is 0 Å². The smallest absolute Gasteiger partial charge is 0.276 e. The number of carbonyl (C=O) groups excluding carboxylic acids is 1. The largest absolute Gasteiger partial charge is 0.492 e. The fraction of sp³-hybridized carbons (Fsp3) is 0.318. The van der Waals surface area contributed by atoms with Gasteiger partial charge in [0.1, 0.15) is 10.6 Å². The van der Waals surface area contributed by atoms with Gasteiger partial charge in [0.2, 0.25) is 10.0 Å². The Morgan fingerprint density at radius 1 is 1.15 bits per heavy atom. The Morgan fingerprint density at radius 3 is 2.55 bits per heavy atom. The van der Waals surface area contributed by atoms with Crippen molar-refractivity contribution < 1.29 is 22.7 Å². The second-order valence-electron chi connectivity index (χ2n) is 7.39. The summed E-state index contributed by atoms with van der Waals surface area (Å²) in [5.74, 6) is -0.367. The molecule has 0 saturated carbocycles. The highest BCUT2D eigenvalue weighted by molar-refractivity contribution is 7.89. The fourth-order valence-electron chi connectivity index (χ4n) is 3.65. The quantitative estimate of drug-likeness (QED) is 0.579. The molecule has 1 fully saturated rings. The molecule has 0 bridgehead atoms. The van der Waals surface area contributed by atoms with E-state index in [1.54, 1.807) is 37.3 Å². The highest BCUT2D eigenvalue weighted by atomic mass is 32.2. The van der Waals surface area contributed by atoms with Gasteiger partial charge >= 0.3 is 0 Å². The van der Waals surface area contributed by atoms with Crippen LogP contribution in [0.25, 0.3) is 10.8 Å². The first-order valence-electron chi connectivity index (χ1n) is 10.4. The van der Waals surface area contributed by atoms with Crippen LogP contribution in [0.4, 0.5) is 5.69 Å². The number of hydrogen-bond donors (Lipinski definition) is 1. The lowest BCUT2D eigenvalue weighted by Crippen LogP contribution is -2.40. The molecule has 33 heavy (non-hydrogen) atoms. The summed E-state index contributed by atoms with van der Waals surface area (Å²) >= 11 is 0. The van der Waals surface area contributed by atoms with E-state index < -0.39 is 15.9 Å². The summed E-state index contributed by atoms with van der Waals surface area (Å²) in [5, 5.41) is 7.59. The molecule has 0 unspecified atom stereocenters. The van der Waals surface area contributed by atoms with Gasteiger partial charge in [-0.25, -0.2) is 13.1 Å². The zero-order valence-corrected chi connectivity index (χ0v) is 19.1. The molecular formula is C22H24N4O6S. The summed E-state index contributed by atoms with van der Waals surface area (Å²) in [4.78, 5) is 25.4. The minimum Gasteiger partial charge on any atom is -0.492 e.